The highest BCUT2D eigenvalue weighted by molar-refractivity contribution is 9.10. The number of allylic oxidation sites excluding steroid dienone is 1. The number of methoxy groups -OCH3 is 2. The molecule has 4 aromatic rings. The summed E-state index contributed by atoms with van der Waals surface area (Å²) in [6, 6.07) is 20.3. The summed E-state index contributed by atoms with van der Waals surface area (Å²) in [6.45, 7) is 0. The van der Waals surface area contributed by atoms with Crippen LogP contribution in [0.4, 0.5) is 0 Å². The molecule has 6 rings (SSSR count). The molecule has 0 N–H and O–H groups in total. The highest BCUT2D eigenvalue weighted by Gasteiger charge is 2.32. The van der Waals surface area contributed by atoms with Crippen LogP contribution in [0.2, 0.25) is 0 Å². The zero-order valence-corrected chi connectivity index (χ0v) is 24.1. The second kappa shape index (κ2) is 9.74. The van der Waals surface area contributed by atoms with Crippen molar-refractivity contribution in [1.29, 1.82) is 0 Å². The van der Waals surface area contributed by atoms with Crippen LogP contribution < -0.4 is 24.4 Å². The average molecular weight is 638 g/mol. The number of fused-ring (bicyclic) bond motifs is 3. The van der Waals surface area contributed by atoms with Gasteiger partial charge in [0.2, 0.25) is 0 Å². The van der Waals surface area contributed by atoms with Gasteiger partial charge in [-0.25, -0.2) is 4.99 Å². The monoisotopic (exact) mass is 636 g/mol. The Morgan fingerprint density at radius 3 is 2.57 bits per heavy atom. The van der Waals surface area contributed by atoms with Crippen molar-refractivity contribution >= 4 is 55.0 Å². The normalized spacial score (nSPS) is 16.5. The Morgan fingerprint density at radius 2 is 1.81 bits per heavy atom. The number of halogens is 2. The summed E-state index contributed by atoms with van der Waals surface area (Å²) in [4.78, 5) is 19.7. The van der Waals surface area contributed by atoms with E-state index in [1.807, 2.05) is 34.9 Å². The molecule has 3 aromatic carbocycles. The maximum Gasteiger partial charge on any atom is 0.271 e. The Kier molecular flexibility index (Phi) is 6.42. The summed E-state index contributed by atoms with van der Waals surface area (Å²) in [5, 5.41) is 0. The minimum atomic E-state index is -0.202. The molecule has 8 heteroatoms. The molecular formula is C29H22Br2N2O3S. The lowest BCUT2D eigenvalue weighted by atomic mass is 9.83. The second-order valence-corrected chi connectivity index (χ2v) is 11.7. The molecule has 0 unspecified atom stereocenters. The molecule has 0 amide bonds. The van der Waals surface area contributed by atoms with E-state index >= 15 is 0 Å². The number of hydrogen-bond acceptors (Lipinski definition) is 5. The third-order valence-electron chi connectivity index (χ3n) is 6.81. The van der Waals surface area contributed by atoms with Gasteiger partial charge in [0.05, 0.1) is 35.0 Å². The van der Waals surface area contributed by atoms with Gasteiger partial charge in [0, 0.05) is 10.0 Å². The first-order valence-electron chi connectivity index (χ1n) is 11.8. The van der Waals surface area contributed by atoms with E-state index in [0.717, 1.165) is 44.2 Å². The minimum Gasteiger partial charge on any atom is -0.493 e. The van der Waals surface area contributed by atoms with Crippen LogP contribution in [0.15, 0.2) is 85.0 Å². The van der Waals surface area contributed by atoms with Crippen LogP contribution in [0, 0.1) is 0 Å². The van der Waals surface area contributed by atoms with Gasteiger partial charge in [-0.05, 0) is 81.4 Å². The summed E-state index contributed by atoms with van der Waals surface area (Å²) in [6.07, 6.45) is 3.69. The van der Waals surface area contributed by atoms with Gasteiger partial charge in [0.15, 0.2) is 16.3 Å². The summed E-state index contributed by atoms with van der Waals surface area (Å²) in [5.41, 5.74) is 6.51. The number of thiazole rings is 1. The standard InChI is InChI=1S/C29H22Br2N2O3S/c1-35-23-14-16(13-22(31)27(23)36-2)15-24-28(34)33-26(18-7-10-19(30)11-8-18)21-12-9-17-5-3-4-6-20(17)25(21)32-29(33)37-24/h3-8,10-11,13-15,26H,9,12H2,1-2H3/b24-15+/t26-/m1/s1. The van der Waals surface area contributed by atoms with Crippen LogP contribution in [0.5, 0.6) is 11.5 Å². The predicted molar refractivity (Wildman–Crippen MR) is 154 cm³/mol. The molecule has 2 heterocycles. The van der Waals surface area contributed by atoms with Crippen molar-refractivity contribution in [3.63, 3.8) is 0 Å². The molecule has 1 aliphatic carbocycles. The van der Waals surface area contributed by atoms with Crippen molar-refractivity contribution < 1.29 is 9.47 Å². The van der Waals surface area contributed by atoms with Crippen molar-refractivity contribution in [2.75, 3.05) is 14.2 Å². The summed E-state index contributed by atoms with van der Waals surface area (Å²) in [5.74, 6) is 1.21. The number of hydrogen-bond donors (Lipinski definition) is 0. The van der Waals surface area contributed by atoms with Crippen molar-refractivity contribution in [2.24, 2.45) is 4.99 Å². The first-order valence-corrected chi connectivity index (χ1v) is 14.2. The zero-order valence-electron chi connectivity index (χ0n) is 20.1. The molecule has 1 aliphatic heterocycles. The molecule has 0 bridgehead atoms. The number of benzene rings is 3. The largest absolute Gasteiger partial charge is 0.493 e. The Bertz CT molecular complexity index is 1750. The third kappa shape index (κ3) is 4.21. The van der Waals surface area contributed by atoms with E-state index in [1.54, 1.807) is 14.2 Å². The maximum atomic E-state index is 13.9. The highest BCUT2D eigenvalue weighted by atomic mass is 79.9. The van der Waals surface area contributed by atoms with E-state index in [9.17, 15) is 4.79 Å². The molecule has 37 heavy (non-hydrogen) atoms. The maximum absolute atomic E-state index is 13.9. The van der Waals surface area contributed by atoms with Crippen LogP contribution in [0.1, 0.15) is 34.7 Å². The fourth-order valence-corrected chi connectivity index (χ4v) is 7.03. The molecule has 5 nitrogen and oxygen atoms in total. The molecule has 0 radical (unpaired) electrons. The van der Waals surface area contributed by atoms with Crippen LogP contribution in [-0.4, -0.2) is 18.8 Å². The molecule has 1 aromatic heterocycles. The van der Waals surface area contributed by atoms with Gasteiger partial charge in [-0.3, -0.25) is 9.36 Å². The van der Waals surface area contributed by atoms with E-state index < -0.39 is 0 Å². The molecular weight excluding hydrogens is 616 g/mol. The van der Waals surface area contributed by atoms with Gasteiger partial charge < -0.3 is 9.47 Å². The molecule has 0 saturated heterocycles. The average Bonchev–Trinajstić information content (AvgIpc) is 3.21. The van der Waals surface area contributed by atoms with Gasteiger partial charge in [-0.15, -0.1) is 0 Å². The van der Waals surface area contributed by atoms with E-state index in [2.05, 4.69) is 68.3 Å². The fourth-order valence-electron chi connectivity index (χ4n) is 5.14. The molecule has 2 aliphatic rings. The van der Waals surface area contributed by atoms with Crippen LogP contribution in [0.3, 0.4) is 0 Å². The van der Waals surface area contributed by atoms with Crippen LogP contribution in [0.25, 0.3) is 11.8 Å². The molecule has 0 saturated carbocycles. The van der Waals surface area contributed by atoms with Crippen molar-refractivity contribution in [3.8, 4) is 11.5 Å². The Hall–Kier alpha value is -2.94. The van der Waals surface area contributed by atoms with Crippen molar-refractivity contribution in [1.82, 2.24) is 4.57 Å². The number of aromatic nitrogens is 1. The van der Waals surface area contributed by atoms with Crippen LogP contribution in [-0.2, 0) is 6.42 Å². The lowest BCUT2D eigenvalue weighted by Gasteiger charge is -2.30. The van der Waals surface area contributed by atoms with Gasteiger partial charge in [0.25, 0.3) is 5.56 Å². The molecule has 1 atom stereocenters. The Balaban J connectivity index is 1.59. The summed E-state index contributed by atoms with van der Waals surface area (Å²) >= 11 is 8.52. The number of ether oxygens (including phenoxy) is 2. The van der Waals surface area contributed by atoms with Gasteiger partial charge in [0.1, 0.15) is 0 Å². The van der Waals surface area contributed by atoms with Crippen molar-refractivity contribution in [3.05, 3.63) is 117 Å². The predicted octanol–water partition coefficient (Wildman–Crippen LogP) is 5.86. The topological polar surface area (TPSA) is 52.8 Å². The molecule has 0 fully saturated rings. The Labute approximate surface area is 234 Å². The van der Waals surface area contributed by atoms with E-state index in [0.29, 0.717) is 20.8 Å². The lowest BCUT2D eigenvalue weighted by molar-refractivity contribution is 0.353. The Morgan fingerprint density at radius 1 is 1.03 bits per heavy atom. The fraction of sp³-hybridized carbons (Fsp3) is 0.172. The van der Waals surface area contributed by atoms with E-state index in [1.165, 1.54) is 22.5 Å². The van der Waals surface area contributed by atoms with Gasteiger partial charge in [-0.2, -0.15) is 0 Å². The third-order valence-corrected chi connectivity index (χ3v) is 8.91. The lowest BCUT2D eigenvalue weighted by Crippen LogP contribution is -2.38. The second-order valence-electron chi connectivity index (χ2n) is 8.90. The molecule has 0 spiro atoms. The number of nitrogens with zero attached hydrogens (tertiary/aromatic N) is 2. The van der Waals surface area contributed by atoms with Crippen LogP contribution >= 0.6 is 43.2 Å². The molecule has 186 valence electrons. The smallest absolute Gasteiger partial charge is 0.271 e. The quantitative estimate of drug-likeness (QED) is 0.282. The minimum absolute atomic E-state index is 0.0482. The SMILES string of the molecule is COc1cc(/C=c2/sc3n(c2=O)[C@H](c2ccc(Br)cc2)C2=C(N=3)c3ccccc3CC2)cc(Br)c1OC. The van der Waals surface area contributed by atoms with E-state index in [4.69, 9.17) is 14.5 Å². The zero-order chi connectivity index (χ0) is 25.7. The van der Waals surface area contributed by atoms with Gasteiger partial charge in [-0.1, -0.05) is 63.7 Å². The van der Waals surface area contributed by atoms with Crippen molar-refractivity contribution in [2.45, 2.75) is 18.9 Å². The number of rotatable bonds is 4. The van der Waals surface area contributed by atoms with E-state index in [-0.39, 0.29) is 11.6 Å². The first-order chi connectivity index (χ1) is 18.0. The highest BCUT2D eigenvalue weighted by Crippen LogP contribution is 2.41. The summed E-state index contributed by atoms with van der Waals surface area (Å²) < 4.78 is 15.2. The summed E-state index contributed by atoms with van der Waals surface area (Å²) in [7, 11) is 3.20. The van der Waals surface area contributed by atoms with Gasteiger partial charge >= 0.3 is 0 Å². The number of aryl methyl sites for hydroxylation is 1. The first kappa shape index (κ1) is 24.4.